The zero-order chi connectivity index (χ0) is 15.5. The van der Waals surface area contributed by atoms with Crippen LogP contribution in [0.4, 0.5) is 4.79 Å². The van der Waals surface area contributed by atoms with Crippen molar-refractivity contribution in [2.75, 3.05) is 6.54 Å². The van der Waals surface area contributed by atoms with Crippen molar-refractivity contribution in [1.82, 2.24) is 15.5 Å². The summed E-state index contributed by atoms with van der Waals surface area (Å²) >= 11 is 0. The molecule has 0 bridgehead atoms. The number of hydrogen-bond donors (Lipinski definition) is 3. The molecule has 1 amide bonds. The number of fused-ring (bicyclic) bond motifs is 1. The largest absolute Gasteiger partial charge is 0.444 e. The Labute approximate surface area is 124 Å². The van der Waals surface area contributed by atoms with Crippen LogP contribution in [0.25, 0.3) is 10.9 Å². The maximum absolute atomic E-state index is 11.6. The number of carbonyl (C=O) groups excluding carboxylic acids is 1. The van der Waals surface area contributed by atoms with Gasteiger partial charge in [-0.25, -0.2) is 4.79 Å². The molecule has 1 aromatic heterocycles. The third-order valence-corrected chi connectivity index (χ3v) is 2.95. The average Bonchev–Trinajstić information content (AvgIpc) is 2.84. The molecule has 1 unspecified atom stereocenters. The van der Waals surface area contributed by atoms with Crippen LogP contribution in [0.15, 0.2) is 24.4 Å². The minimum atomic E-state index is -0.504. The Kier molecular flexibility index (Phi) is 4.47. The van der Waals surface area contributed by atoms with E-state index in [2.05, 4.69) is 15.5 Å². The van der Waals surface area contributed by atoms with Crippen LogP contribution in [0, 0.1) is 0 Å². The van der Waals surface area contributed by atoms with E-state index < -0.39 is 11.7 Å². The van der Waals surface area contributed by atoms with E-state index in [9.17, 15) is 4.79 Å². The monoisotopic (exact) mass is 290 g/mol. The molecule has 21 heavy (non-hydrogen) atoms. The van der Waals surface area contributed by atoms with E-state index in [0.29, 0.717) is 13.0 Å². The summed E-state index contributed by atoms with van der Waals surface area (Å²) in [6, 6.07) is 5.79. The highest BCUT2D eigenvalue weighted by Crippen LogP contribution is 2.16. The number of nitrogens with two attached hydrogens (primary N) is 1. The predicted octanol–water partition coefficient (Wildman–Crippen LogP) is 1.96. The molecular formula is C15H22N4O2. The van der Waals surface area contributed by atoms with Gasteiger partial charge in [-0.15, -0.1) is 0 Å². The van der Waals surface area contributed by atoms with Crippen LogP contribution < -0.4 is 11.1 Å². The zero-order valence-electron chi connectivity index (χ0n) is 12.6. The maximum atomic E-state index is 11.6. The lowest BCUT2D eigenvalue weighted by molar-refractivity contribution is 0.0524. The van der Waals surface area contributed by atoms with Crippen molar-refractivity contribution in [1.29, 1.82) is 0 Å². The number of aromatic amines is 1. The van der Waals surface area contributed by atoms with Crippen LogP contribution in [-0.2, 0) is 11.2 Å². The van der Waals surface area contributed by atoms with Gasteiger partial charge in [0.25, 0.3) is 0 Å². The van der Waals surface area contributed by atoms with Crippen LogP contribution in [0.2, 0.25) is 0 Å². The van der Waals surface area contributed by atoms with Crippen molar-refractivity contribution in [3.63, 3.8) is 0 Å². The summed E-state index contributed by atoms with van der Waals surface area (Å²) in [5.41, 5.74) is 7.65. The Hall–Kier alpha value is -2.08. The average molecular weight is 290 g/mol. The smallest absolute Gasteiger partial charge is 0.407 e. The molecule has 0 spiro atoms. The van der Waals surface area contributed by atoms with Crippen LogP contribution >= 0.6 is 0 Å². The Morgan fingerprint density at radius 2 is 2.24 bits per heavy atom. The lowest BCUT2D eigenvalue weighted by Gasteiger charge is -2.20. The molecule has 6 heteroatoms. The molecule has 1 aromatic carbocycles. The van der Waals surface area contributed by atoms with E-state index in [1.54, 1.807) is 6.20 Å². The Morgan fingerprint density at radius 1 is 1.48 bits per heavy atom. The van der Waals surface area contributed by atoms with Crippen molar-refractivity contribution in [2.45, 2.75) is 38.8 Å². The number of hydrogen-bond acceptors (Lipinski definition) is 4. The number of nitrogens with zero attached hydrogens (tertiary/aromatic N) is 1. The summed E-state index contributed by atoms with van der Waals surface area (Å²) in [7, 11) is 0. The maximum Gasteiger partial charge on any atom is 0.407 e. The van der Waals surface area contributed by atoms with Crippen molar-refractivity contribution in [3.05, 3.63) is 30.0 Å². The molecule has 2 aromatic rings. The number of para-hydroxylation sites is 1. The molecule has 0 aliphatic carbocycles. The number of amides is 1. The normalized spacial score (nSPS) is 13.1. The third kappa shape index (κ3) is 4.46. The van der Waals surface area contributed by atoms with E-state index >= 15 is 0 Å². The Balaban J connectivity index is 1.89. The van der Waals surface area contributed by atoms with Crippen LogP contribution in [0.5, 0.6) is 0 Å². The van der Waals surface area contributed by atoms with Gasteiger partial charge in [0.2, 0.25) is 0 Å². The number of H-pyrrole nitrogens is 1. The number of alkyl carbamates (subject to hydrolysis) is 1. The predicted molar refractivity (Wildman–Crippen MR) is 82.0 cm³/mol. The van der Waals surface area contributed by atoms with Gasteiger partial charge >= 0.3 is 6.09 Å². The molecule has 0 aliphatic rings. The van der Waals surface area contributed by atoms with Gasteiger partial charge in [-0.05, 0) is 32.8 Å². The first-order valence-corrected chi connectivity index (χ1v) is 6.98. The Bertz CT molecular complexity index is 615. The number of rotatable bonds is 4. The second kappa shape index (κ2) is 6.13. The molecule has 0 radical (unpaired) electrons. The van der Waals surface area contributed by atoms with E-state index in [4.69, 9.17) is 10.5 Å². The van der Waals surface area contributed by atoms with Gasteiger partial charge in [0.05, 0.1) is 11.7 Å². The van der Waals surface area contributed by atoms with Crippen LogP contribution in [-0.4, -0.2) is 34.5 Å². The molecule has 4 N–H and O–H groups in total. The van der Waals surface area contributed by atoms with Crippen molar-refractivity contribution in [3.8, 4) is 0 Å². The van der Waals surface area contributed by atoms with Gasteiger partial charge in [-0.3, -0.25) is 5.10 Å². The lowest BCUT2D eigenvalue weighted by atomic mass is 10.0. The topological polar surface area (TPSA) is 93.0 Å². The Morgan fingerprint density at radius 3 is 2.95 bits per heavy atom. The SMILES string of the molecule is CC(C)(C)OC(=O)NCC(N)Cc1cccc2cn[nH]c12. The van der Waals surface area contributed by atoms with E-state index in [1.807, 2.05) is 39.0 Å². The fourth-order valence-electron chi connectivity index (χ4n) is 2.08. The van der Waals surface area contributed by atoms with E-state index in [1.165, 1.54) is 0 Å². The van der Waals surface area contributed by atoms with Gasteiger partial charge in [-0.1, -0.05) is 18.2 Å². The molecule has 1 heterocycles. The first-order valence-electron chi connectivity index (χ1n) is 6.98. The fraction of sp³-hybridized carbons (Fsp3) is 0.467. The molecule has 0 saturated carbocycles. The number of ether oxygens (including phenoxy) is 1. The van der Waals surface area contributed by atoms with Gasteiger partial charge in [0.1, 0.15) is 5.60 Å². The van der Waals surface area contributed by atoms with Crippen LogP contribution in [0.3, 0.4) is 0 Å². The van der Waals surface area contributed by atoms with Gasteiger partial charge < -0.3 is 15.8 Å². The molecule has 0 fully saturated rings. The highest BCUT2D eigenvalue weighted by molar-refractivity contribution is 5.81. The molecule has 0 saturated heterocycles. The molecule has 2 rings (SSSR count). The summed E-state index contributed by atoms with van der Waals surface area (Å²) in [5, 5.41) is 10.7. The van der Waals surface area contributed by atoms with E-state index in [0.717, 1.165) is 16.5 Å². The molecule has 114 valence electrons. The molecule has 0 aliphatic heterocycles. The highest BCUT2D eigenvalue weighted by Gasteiger charge is 2.17. The van der Waals surface area contributed by atoms with Crippen molar-refractivity contribution >= 4 is 17.0 Å². The first-order chi connectivity index (χ1) is 9.85. The first kappa shape index (κ1) is 15.3. The summed E-state index contributed by atoms with van der Waals surface area (Å²) in [6.07, 6.45) is 1.98. The van der Waals surface area contributed by atoms with Gasteiger partial charge in [0.15, 0.2) is 0 Å². The number of aromatic nitrogens is 2. The third-order valence-electron chi connectivity index (χ3n) is 2.95. The number of carbonyl (C=O) groups is 1. The van der Waals surface area contributed by atoms with Crippen LogP contribution in [0.1, 0.15) is 26.3 Å². The van der Waals surface area contributed by atoms with Gasteiger partial charge in [-0.2, -0.15) is 5.10 Å². The molecular weight excluding hydrogens is 268 g/mol. The minimum Gasteiger partial charge on any atom is -0.444 e. The fourth-order valence-corrected chi connectivity index (χ4v) is 2.08. The molecule has 6 nitrogen and oxygen atoms in total. The second-order valence-corrected chi connectivity index (χ2v) is 6.10. The standard InChI is InChI=1S/C15H22N4O2/c1-15(2,3)21-14(20)17-9-12(16)7-10-5-4-6-11-8-18-19-13(10)11/h4-6,8,12H,7,9,16H2,1-3H3,(H,17,20)(H,18,19). The zero-order valence-corrected chi connectivity index (χ0v) is 12.6. The number of nitrogens with one attached hydrogen (secondary N) is 2. The van der Waals surface area contributed by atoms with Gasteiger partial charge in [0, 0.05) is 18.0 Å². The van der Waals surface area contributed by atoms with Crippen molar-refractivity contribution < 1.29 is 9.53 Å². The van der Waals surface area contributed by atoms with Crippen molar-refractivity contribution in [2.24, 2.45) is 5.73 Å². The summed E-state index contributed by atoms with van der Waals surface area (Å²) in [4.78, 5) is 11.6. The summed E-state index contributed by atoms with van der Waals surface area (Å²) < 4.78 is 5.17. The quantitative estimate of drug-likeness (QED) is 0.802. The second-order valence-electron chi connectivity index (χ2n) is 6.10. The highest BCUT2D eigenvalue weighted by atomic mass is 16.6. The summed E-state index contributed by atoms with van der Waals surface area (Å²) in [5.74, 6) is 0. The lowest BCUT2D eigenvalue weighted by Crippen LogP contribution is -2.41. The van der Waals surface area contributed by atoms with E-state index in [-0.39, 0.29) is 6.04 Å². The molecule has 1 atom stereocenters. The minimum absolute atomic E-state index is 0.189. The number of benzene rings is 1. The summed E-state index contributed by atoms with van der Waals surface area (Å²) in [6.45, 7) is 5.84.